The summed E-state index contributed by atoms with van der Waals surface area (Å²) in [5, 5.41) is 68.8. The fourth-order valence-electron chi connectivity index (χ4n) is 2.90. The molecule has 2 rings (SSSR count). The summed E-state index contributed by atoms with van der Waals surface area (Å²) in [5.41, 5.74) is 0. The summed E-state index contributed by atoms with van der Waals surface area (Å²) < 4.78 is 20.7. The highest BCUT2D eigenvalue weighted by molar-refractivity contribution is 5.68. The molecular formula is C15H26O12. The van der Waals surface area contributed by atoms with Crippen LogP contribution in [0, 0.1) is 0 Å². The van der Waals surface area contributed by atoms with Crippen molar-refractivity contribution in [3.8, 4) is 0 Å². The van der Waals surface area contributed by atoms with Crippen LogP contribution in [0.1, 0.15) is 13.3 Å². The Bertz CT molecular complexity index is 503. The minimum atomic E-state index is -2.26. The van der Waals surface area contributed by atoms with Crippen LogP contribution in [0.4, 0.5) is 0 Å². The Kier molecular flexibility index (Phi) is 7.49. The maximum absolute atomic E-state index is 11.3. The first kappa shape index (κ1) is 22.4. The van der Waals surface area contributed by atoms with E-state index in [1.165, 1.54) is 0 Å². The topological polar surface area (TPSA) is 196 Å². The van der Waals surface area contributed by atoms with Crippen molar-refractivity contribution in [2.75, 3.05) is 19.8 Å². The Labute approximate surface area is 154 Å². The molecule has 0 bridgehead atoms. The summed E-state index contributed by atoms with van der Waals surface area (Å²) in [6.45, 7) is -0.566. The van der Waals surface area contributed by atoms with Crippen molar-refractivity contribution in [2.24, 2.45) is 0 Å². The summed E-state index contributed by atoms with van der Waals surface area (Å²) in [6.07, 6.45) is -12.8. The molecule has 2 aliphatic rings. The van der Waals surface area contributed by atoms with Gasteiger partial charge < -0.3 is 54.7 Å². The van der Waals surface area contributed by atoms with Crippen LogP contribution < -0.4 is 0 Å². The number of aliphatic hydroxyl groups excluding tert-OH is 7. The molecule has 0 spiro atoms. The number of carbonyl (C=O) groups is 1. The van der Waals surface area contributed by atoms with Gasteiger partial charge in [-0.3, -0.25) is 4.79 Å². The number of aliphatic hydroxyl groups is 7. The van der Waals surface area contributed by atoms with Crippen molar-refractivity contribution in [1.29, 1.82) is 0 Å². The van der Waals surface area contributed by atoms with E-state index in [2.05, 4.69) is 0 Å². The van der Waals surface area contributed by atoms with Crippen molar-refractivity contribution in [3.63, 3.8) is 0 Å². The van der Waals surface area contributed by atoms with E-state index in [0.29, 0.717) is 0 Å². The lowest BCUT2D eigenvalue weighted by atomic mass is 9.99. The molecule has 12 heteroatoms. The first-order chi connectivity index (χ1) is 12.7. The van der Waals surface area contributed by atoms with Crippen LogP contribution in [-0.4, -0.2) is 116 Å². The van der Waals surface area contributed by atoms with Gasteiger partial charge in [-0.1, -0.05) is 6.92 Å². The average molecular weight is 398 g/mol. The van der Waals surface area contributed by atoms with Gasteiger partial charge in [-0.05, 0) is 0 Å². The quantitative estimate of drug-likeness (QED) is 0.204. The number of hydrogen-bond acceptors (Lipinski definition) is 12. The normalized spacial score (nSPS) is 45.0. The second kappa shape index (κ2) is 9.05. The van der Waals surface area contributed by atoms with Gasteiger partial charge in [-0.15, -0.1) is 0 Å². The molecule has 0 saturated carbocycles. The van der Waals surface area contributed by atoms with Gasteiger partial charge in [0.2, 0.25) is 5.79 Å². The third-order valence-corrected chi connectivity index (χ3v) is 4.59. The molecule has 0 aromatic heterocycles. The van der Waals surface area contributed by atoms with Crippen molar-refractivity contribution in [2.45, 2.75) is 68.1 Å². The molecule has 0 aromatic carbocycles. The molecule has 9 atom stereocenters. The summed E-state index contributed by atoms with van der Waals surface area (Å²) in [4.78, 5) is 11.3. The molecule has 158 valence electrons. The summed E-state index contributed by atoms with van der Waals surface area (Å²) in [5.74, 6) is -2.84. The molecular weight excluding hydrogens is 372 g/mol. The van der Waals surface area contributed by atoms with Crippen molar-refractivity contribution in [3.05, 3.63) is 0 Å². The van der Waals surface area contributed by atoms with E-state index in [4.69, 9.17) is 24.1 Å². The fraction of sp³-hybridized carbons (Fsp3) is 0.933. The van der Waals surface area contributed by atoms with Gasteiger partial charge in [-0.2, -0.15) is 0 Å². The van der Waals surface area contributed by atoms with Crippen LogP contribution >= 0.6 is 0 Å². The van der Waals surface area contributed by atoms with E-state index in [1.807, 2.05) is 0 Å². The van der Waals surface area contributed by atoms with E-state index in [9.17, 15) is 35.4 Å². The molecule has 7 N–H and O–H groups in total. The molecule has 2 saturated heterocycles. The van der Waals surface area contributed by atoms with Crippen molar-refractivity contribution in [1.82, 2.24) is 0 Å². The van der Waals surface area contributed by atoms with Crippen LogP contribution in [-0.2, 0) is 23.7 Å². The Morgan fingerprint density at radius 2 is 1.67 bits per heavy atom. The largest absolute Gasteiger partial charge is 0.463 e. The number of ether oxygens (including phenoxy) is 4. The monoisotopic (exact) mass is 398 g/mol. The van der Waals surface area contributed by atoms with Gasteiger partial charge >= 0.3 is 5.97 Å². The lowest BCUT2D eigenvalue weighted by Gasteiger charge is -2.43. The molecule has 0 amide bonds. The number of esters is 1. The van der Waals surface area contributed by atoms with E-state index in [1.54, 1.807) is 6.92 Å². The first-order valence-electron chi connectivity index (χ1n) is 8.49. The third kappa shape index (κ3) is 4.40. The molecule has 2 aliphatic heterocycles. The highest BCUT2D eigenvalue weighted by atomic mass is 16.8. The second-order valence-electron chi connectivity index (χ2n) is 6.41. The standard InChI is InChI=1S/C15H26O12/c1-2-8(18)24-4-7-9(19)11(21)12(22)14(25-7)27-15(5-17)13(23)10(20)6(3-16)26-15/h6-7,9-14,16-17,19-23H,2-5H2,1H3/t6?,7-,9?,10-,11+,12?,13?,14?,15+/m1/s1. The molecule has 27 heavy (non-hydrogen) atoms. The lowest BCUT2D eigenvalue weighted by molar-refractivity contribution is -0.383. The highest BCUT2D eigenvalue weighted by Crippen LogP contribution is 2.35. The smallest absolute Gasteiger partial charge is 0.305 e. The van der Waals surface area contributed by atoms with Crippen LogP contribution in [0.25, 0.3) is 0 Å². The number of rotatable bonds is 7. The minimum absolute atomic E-state index is 0.0714. The fourth-order valence-corrected chi connectivity index (χ4v) is 2.90. The van der Waals surface area contributed by atoms with Gasteiger partial charge in [0.05, 0.1) is 6.61 Å². The van der Waals surface area contributed by atoms with Gasteiger partial charge in [0.1, 0.15) is 55.9 Å². The molecule has 0 radical (unpaired) electrons. The zero-order valence-electron chi connectivity index (χ0n) is 14.6. The Morgan fingerprint density at radius 1 is 1.00 bits per heavy atom. The van der Waals surface area contributed by atoms with Gasteiger partial charge in [0.25, 0.3) is 0 Å². The molecule has 12 nitrogen and oxygen atoms in total. The summed E-state index contributed by atoms with van der Waals surface area (Å²) >= 11 is 0. The predicted molar refractivity (Wildman–Crippen MR) is 82.8 cm³/mol. The number of carbonyl (C=O) groups excluding carboxylic acids is 1. The SMILES string of the molecule is CCC(=O)OC[C@H]1OC(O[C@]2(CO)OC(CO)[C@@H](O)C2O)C(O)[C@@H](O)C1O. The van der Waals surface area contributed by atoms with Crippen LogP contribution in [0.15, 0.2) is 0 Å². The zero-order chi connectivity index (χ0) is 20.4. The highest BCUT2D eigenvalue weighted by Gasteiger charge is 2.58. The van der Waals surface area contributed by atoms with E-state index < -0.39 is 80.6 Å². The predicted octanol–water partition coefficient (Wildman–Crippen LogP) is -4.43. The molecule has 2 heterocycles. The molecule has 0 aliphatic carbocycles. The second-order valence-corrected chi connectivity index (χ2v) is 6.41. The summed E-state index contributed by atoms with van der Waals surface area (Å²) in [6, 6.07) is 0. The maximum atomic E-state index is 11.3. The van der Waals surface area contributed by atoms with Crippen LogP contribution in [0.3, 0.4) is 0 Å². The van der Waals surface area contributed by atoms with E-state index >= 15 is 0 Å². The summed E-state index contributed by atoms with van der Waals surface area (Å²) in [7, 11) is 0. The maximum Gasteiger partial charge on any atom is 0.305 e. The average Bonchev–Trinajstić information content (AvgIpc) is 2.92. The first-order valence-corrected chi connectivity index (χ1v) is 8.49. The third-order valence-electron chi connectivity index (χ3n) is 4.59. The Morgan fingerprint density at radius 3 is 2.19 bits per heavy atom. The Balaban J connectivity index is 2.14. The van der Waals surface area contributed by atoms with Crippen LogP contribution in [0.5, 0.6) is 0 Å². The molecule has 5 unspecified atom stereocenters. The van der Waals surface area contributed by atoms with Crippen LogP contribution in [0.2, 0.25) is 0 Å². The number of hydrogen-bond donors (Lipinski definition) is 7. The van der Waals surface area contributed by atoms with Gasteiger partial charge in [0.15, 0.2) is 6.29 Å². The molecule has 0 aromatic rings. The zero-order valence-corrected chi connectivity index (χ0v) is 14.6. The minimum Gasteiger partial charge on any atom is -0.463 e. The van der Waals surface area contributed by atoms with E-state index in [0.717, 1.165) is 0 Å². The van der Waals surface area contributed by atoms with Gasteiger partial charge in [0, 0.05) is 6.42 Å². The lowest BCUT2D eigenvalue weighted by Crippen LogP contribution is -2.62. The van der Waals surface area contributed by atoms with Gasteiger partial charge in [-0.25, -0.2) is 0 Å². The van der Waals surface area contributed by atoms with E-state index in [-0.39, 0.29) is 6.42 Å². The molecule has 2 fully saturated rings. The van der Waals surface area contributed by atoms with Crippen molar-refractivity contribution >= 4 is 5.97 Å². The Hall–Kier alpha value is -0.930. The van der Waals surface area contributed by atoms with Crippen molar-refractivity contribution < 1.29 is 59.5 Å².